The molecule has 2 nitrogen and oxygen atoms in total. The highest BCUT2D eigenvalue weighted by atomic mass is 16.5. The molecule has 21 heavy (non-hydrogen) atoms. The summed E-state index contributed by atoms with van der Waals surface area (Å²) in [5.41, 5.74) is 1.20. The Morgan fingerprint density at radius 2 is 1.95 bits per heavy atom. The van der Waals surface area contributed by atoms with Gasteiger partial charge >= 0.3 is 5.97 Å². The normalized spacial score (nSPS) is 12.0. The Kier molecular flexibility index (Phi) is 13.3. The van der Waals surface area contributed by atoms with Crippen LogP contribution in [0.25, 0.3) is 0 Å². The molecule has 0 radical (unpaired) electrons. The number of unbranched alkanes of at least 4 members (excludes halogenated alkanes) is 2. The molecule has 0 bridgehead atoms. The molecule has 0 aromatic carbocycles. The first-order valence-electron chi connectivity index (χ1n) is 7.60. The minimum absolute atomic E-state index is 0.157. The van der Waals surface area contributed by atoms with Gasteiger partial charge < -0.3 is 4.74 Å². The first-order valence-corrected chi connectivity index (χ1v) is 7.60. The summed E-state index contributed by atoms with van der Waals surface area (Å²) in [5, 5.41) is 0. The Labute approximate surface area is 129 Å². The third-order valence-corrected chi connectivity index (χ3v) is 2.82. The van der Waals surface area contributed by atoms with Crippen molar-refractivity contribution in [1.82, 2.24) is 0 Å². The molecular formula is C19H28O2. The number of rotatable bonds is 12. The van der Waals surface area contributed by atoms with Crippen LogP contribution in [-0.4, -0.2) is 12.6 Å². The maximum Gasteiger partial charge on any atom is 0.309 e. The number of ether oxygens (including phenoxy) is 1. The highest BCUT2D eigenvalue weighted by Crippen LogP contribution is 2.08. The number of hydrogen-bond acceptors (Lipinski definition) is 2. The molecule has 0 spiro atoms. The lowest BCUT2D eigenvalue weighted by molar-refractivity contribution is -0.142. The van der Waals surface area contributed by atoms with E-state index >= 15 is 0 Å². The van der Waals surface area contributed by atoms with E-state index in [0.717, 1.165) is 32.1 Å². The van der Waals surface area contributed by atoms with Gasteiger partial charge in [0, 0.05) is 0 Å². The van der Waals surface area contributed by atoms with Crippen LogP contribution in [0.3, 0.4) is 0 Å². The zero-order chi connectivity index (χ0) is 15.8. The van der Waals surface area contributed by atoms with Crippen LogP contribution >= 0.6 is 0 Å². The van der Waals surface area contributed by atoms with E-state index < -0.39 is 0 Å². The largest absolute Gasteiger partial charge is 0.465 e. The van der Waals surface area contributed by atoms with Crippen molar-refractivity contribution in [3.63, 3.8) is 0 Å². The second-order valence-electron chi connectivity index (χ2n) is 4.70. The number of hydrogen-bond donors (Lipinski definition) is 0. The molecule has 0 N–H and O–H groups in total. The average molecular weight is 288 g/mol. The van der Waals surface area contributed by atoms with Gasteiger partial charge in [0.05, 0.1) is 13.0 Å². The third kappa shape index (κ3) is 12.9. The van der Waals surface area contributed by atoms with Crippen molar-refractivity contribution in [2.75, 3.05) is 6.61 Å². The van der Waals surface area contributed by atoms with E-state index in [0.29, 0.717) is 13.0 Å². The zero-order valence-electron chi connectivity index (χ0n) is 13.2. The van der Waals surface area contributed by atoms with Gasteiger partial charge in [-0.05, 0) is 44.6 Å². The summed E-state index contributed by atoms with van der Waals surface area (Å²) in [7, 11) is 0. The van der Waals surface area contributed by atoms with Crippen LogP contribution in [-0.2, 0) is 9.53 Å². The van der Waals surface area contributed by atoms with Crippen molar-refractivity contribution < 1.29 is 9.53 Å². The fourth-order valence-electron chi connectivity index (χ4n) is 1.79. The molecule has 0 aliphatic heterocycles. The number of esters is 1. The molecule has 0 heterocycles. The molecule has 0 amide bonds. The fraction of sp³-hybridized carbons (Fsp3) is 0.421. The maximum atomic E-state index is 11.5. The zero-order valence-corrected chi connectivity index (χ0v) is 13.2. The molecule has 0 aliphatic rings. The van der Waals surface area contributed by atoms with Gasteiger partial charge in [0.15, 0.2) is 0 Å². The number of carbonyl (C=O) groups is 1. The van der Waals surface area contributed by atoms with Crippen molar-refractivity contribution in [2.45, 2.75) is 45.4 Å². The van der Waals surface area contributed by atoms with Gasteiger partial charge in [-0.3, -0.25) is 4.79 Å². The summed E-state index contributed by atoms with van der Waals surface area (Å²) >= 11 is 0. The minimum atomic E-state index is -0.157. The summed E-state index contributed by atoms with van der Waals surface area (Å²) in [5.74, 6) is -0.157. The Hall–Kier alpha value is -1.83. The van der Waals surface area contributed by atoms with E-state index in [4.69, 9.17) is 4.74 Å². The van der Waals surface area contributed by atoms with Gasteiger partial charge in [-0.15, -0.1) is 6.58 Å². The smallest absolute Gasteiger partial charge is 0.309 e. The Bertz CT molecular complexity index is 386. The van der Waals surface area contributed by atoms with Crippen LogP contribution in [0.15, 0.2) is 61.3 Å². The molecule has 0 atom stereocenters. The van der Waals surface area contributed by atoms with Crippen LogP contribution in [0.2, 0.25) is 0 Å². The lowest BCUT2D eigenvalue weighted by Gasteiger charge is -2.04. The summed E-state index contributed by atoms with van der Waals surface area (Å²) in [6.45, 7) is 9.81. The Balaban J connectivity index is 3.72. The predicted octanol–water partition coefficient (Wildman–Crippen LogP) is 5.30. The van der Waals surface area contributed by atoms with Gasteiger partial charge in [-0.1, -0.05) is 49.1 Å². The topological polar surface area (TPSA) is 26.3 Å². The first kappa shape index (κ1) is 19.2. The van der Waals surface area contributed by atoms with Crippen LogP contribution in [0.4, 0.5) is 0 Å². The van der Waals surface area contributed by atoms with Gasteiger partial charge in [-0.2, -0.15) is 0 Å². The van der Waals surface area contributed by atoms with Gasteiger partial charge in [0.2, 0.25) is 0 Å². The molecule has 0 rings (SSSR count). The molecule has 116 valence electrons. The maximum absolute atomic E-state index is 11.5. The predicted molar refractivity (Wildman–Crippen MR) is 91.1 cm³/mol. The molecule has 0 aliphatic carbocycles. The Morgan fingerprint density at radius 3 is 2.62 bits per heavy atom. The van der Waals surface area contributed by atoms with Crippen molar-refractivity contribution >= 4 is 5.97 Å². The second-order valence-corrected chi connectivity index (χ2v) is 4.70. The summed E-state index contributed by atoms with van der Waals surface area (Å²) in [6.07, 6.45) is 18.8. The molecule has 0 aromatic heterocycles. The average Bonchev–Trinajstić information content (AvgIpc) is 2.47. The van der Waals surface area contributed by atoms with Gasteiger partial charge in [-0.25, -0.2) is 0 Å². The third-order valence-electron chi connectivity index (χ3n) is 2.82. The SMILES string of the molecule is C=CC=C(C=CC)CCCOC(=O)CC=CCCCC=C. The minimum Gasteiger partial charge on any atom is -0.465 e. The van der Waals surface area contributed by atoms with E-state index in [9.17, 15) is 4.79 Å². The Morgan fingerprint density at radius 1 is 1.14 bits per heavy atom. The molecule has 0 fully saturated rings. The molecular weight excluding hydrogens is 260 g/mol. The van der Waals surface area contributed by atoms with Crippen LogP contribution < -0.4 is 0 Å². The van der Waals surface area contributed by atoms with Crippen molar-refractivity contribution in [1.29, 1.82) is 0 Å². The molecule has 0 unspecified atom stereocenters. The van der Waals surface area contributed by atoms with Gasteiger partial charge in [0.1, 0.15) is 0 Å². The van der Waals surface area contributed by atoms with Crippen LogP contribution in [0, 0.1) is 0 Å². The van der Waals surface area contributed by atoms with Crippen molar-refractivity contribution in [3.05, 3.63) is 61.3 Å². The second kappa shape index (κ2) is 14.6. The number of allylic oxidation sites excluding steroid dienone is 7. The highest BCUT2D eigenvalue weighted by Gasteiger charge is 1.99. The van der Waals surface area contributed by atoms with E-state index in [1.807, 2.05) is 37.3 Å². The van der Waals surface area contributed by atoms with Crippen molar-refractivity contribution in [3.8, 4) is 0 Å². The van der Waals surface area contributed by atoms with E-state index in [2.05, 4.69) is 19.2 Å². The lowest BCUT2D eigenvalue weighted by atomic mass is 10.1. The number of carbonyl (C=O) groups excluding carboxylic acids is 1. The van der Waals surface area contributed by atoms with Crippen LogP contribution in [0.1, 0.15) is 45.4 Å². The highest BCUT2D eigenvalue weighted by molar-refractivity contribution is 5.71. The van der Waals surface area contributed by atoms with E-state index in [1.165, 1.54) is 5.57 Å². The van der Waals surface area contributed by atoms with E-state index in [-0.39, 0.29) is 5.97 Å². The summed E-state index contributed by atoms with van der Waals surface area (Å²) in [4.78, 5) is 11.5. The van der Waals surface area contributed by atoms with Gasteiger partial charge in [0.25, 0.3) is 0 Å². The van der Waals surface area contributed by atoms with E-state index in [1.54, 1.807) is 6.08 Å². The van der Waals surface area contributed by atoms with Crippen molar-refractivity contribution in [2.24, 2.45) is 0 Å². The molecule has 2 heteroatoms. The quantitative estimate of drug-likeness (QED) is 0.211. The van der Waals surface area contributed by atoms with Crippen LogP contribution in [0.5, 0.6) is 0 Å². The summed E-state index contributed by atoms with van der Waals surface area (Å²) in [6, 6.07) is 0. The monoisotopic (exact) mass is 288 g/mol. The molecule has 0 aromatic rings. The summed E-state index contributed by atoms with van der Waals surface area (Å²) < 4.78 is 5.19. The lowest BCUT2D eigenvalue weighted by Crippen LogP contribution is -2.04. The fourth-order valence-corrected chi connectivity index (χ4v) is 1.79. The standard InChI is InChI=1S/C19H28O2/c1-4-7-8-9-10-11-16-19(20)21-17-12-15-18(13-5-2)14-6-3/h4-6,10-11,13-14H,1-2,7-9,12,15-17H2,3H3. The first-order chi connectivity index (χ1) is 10.2. The molecule has 0 saturated heterocycles. The molecule has 0 saturated carbocycles.